The predicted octanol–water partition coefficient (Wildman–Crippen LogP) is -0.679. The summed E-state index contributed by atoms with van der Waals surface area (Å²) in [5.74, 6) is -1.57. The van der Waals surface area contributed by atoms with Crippen LogP contribution in [0.1, 0.15) is 23.3 Å². The van der Waals surface area contributed by atoms with Crippen molar-refractivity contribution in [2.45, 2.75) is 18.9 Å². The Balaban J connectivity index is 2.12. The van der Waals surface area contributed by atoms with Gasteiger partial charge in [0.1, 0.15) is 17.4 Å². The van der Waals surface area contributed by atoms with Crippen LogP contribution < -0.4 is 11.2 Å². The van der Waals surface area contributed by atoms with Gasteiger partial charge in [-0.05, 0) is 25.0 Å². The predicted molar refractivity (Wildman–Crippen MR) is 83.9 cm³/mol. The summed E-state index contributed by atoms with van der Waals surface area (Å²) in [4.78, 5) is 53.3. The average Bonchev–Trinajstić information content (AvgIpc) is 3.06. The summed E-state index contributed by atoms with van der Waals surface area (Å²) in [7, 11) is 2.83. The molecule has 1 saturated heterocycles. The molecule has 1 fully saturated rings. The normalized spacial score (nSPS) is 17.4. The maximum atomic E-state index is 12.6. The van der Waals surface area contributed by atoms with E-state index in [1.165, 1.54) is 35.7 Å². The van der Waals surface area contributed by atoms with Gasteiger partial charge >= 0.3 is 11.7 Å². The van der Waals surface area contributed by atoms with Crippen LogP contribution in [-0.2, 0) is 18.9 Å². The van der Waals surface area contributed by atoms with Gasteiger partial charge in [0.05, 0.1) is 5.39 Å². The van der Waals surface area contributed by atoms with E-state index in [0.29, 0.717) is 19.4 Å². The Morgan fingerprint density at radius 2 is 1.92 bits per heavy atom. The van der Waals surface area contributed by atoms with Gasteiger partial charge in [0.15, 0.2) is 0 Å². The number of likely N-dealkylation sites (tertiary alicyclic amines) is 1. The molecule has 9 nitrogen and oxygen atoms in total. The van der Waals surface area contributed by atoms with Gasteiger partial charge in [0.2, 0.25) is 0 Å². The third kappa shape index (κ3) is 2.29. The number of amides is 1. The van der Waals surface area contributed by atoms with E-state index in [1.807, 2.05) is 0 Å². The van der Waals surface area contributed by atoms with Crippen LogP contribution in [0.2, 0.25) is 0 Å². The molecular weight excluding hydrogens is 316 g/mol. The van der Waals surface area contributed by atoms with Gasteiger partial charge in [0.25, 0.3) is 11.5 Å². The lowest BCUT2D eigenvalue weighted by Crippen LogP contribution is -2.41. The molecule has 0 bridgehead atoms. The minimum Gasteiger partial charge on any atom is -0.480 e. The van der Waals surface area contributed by atoms with Gasteiger partial charge in [-0.2, -0.15) is 0 Å². The fourth-order valence-electron chi connectivity index (χ4n) is 2.99. The summed E-state index contributed by atoms with van der Waals surface area (Å²) in [5, 5.41) is 9.41. The lowest BCUT2D eigenvalue weighted by atomic mass is 10.2. The van der Waals surface area contributed by atoms with Crippen molar-refractivity contribution in [1.29, 1.82) is 0 Å². The van der Waals surface area contributed by atoms with Crippen molar-refractivity contribution in [3.05, 3.63) is 38.7 Å². The molecule has 3 rings (SSSR count). The van der Waals surface area contributed by atoms with E-state index in [-0.39, 0.29) is 16.7 Å². The molecule has 24 heavy (non-hydrogen) atoms. The van der Waals surface area contributed by atoms with Crippen LogP contribution in [0.5, 0.6) is 0 Å². The number of aliphatic carboxylic acids is 1. The molecule has 126 valence electrons. The maximum absolute atomic E-state index is 12.6. The third-order valence-electron chi connectivity index (χ3n) is 4.32. The fourth-order valence-corrected chi connectivity index (χ4v) is 2.99. The molecule has 0 aliphatic carbocycles. The number of nitrogens with zero attached hydrogens (tertiary/aromatic N) is 4. The zero-order valence-electron chi connectivity index (χ0n) is 13.2. The summed E-state index contributed by atoms with van der Waals surface area (Å²) in [6, 6.07) is 1.94. The highest BCUT2D eigenvalue weighted by atomic mass is 16.4. The molecule has 0 spiro atoms. The first-order valence-corrected chi connectivity index (χ1v) is 7.43. The molecule has 1 N–H and O–H groups in total. The van der Waals surface area contributed by atoms with E-state index in [9.17, 15) is 24.3 Å². The molecule has 0 aromatic carbocycles. The zero-order chi connectivity index (χ0) is 17.6. The van der Waals surface area contributed by atoms with Gasteiger partial charge < -0.3 is 10.0 Å². The molecule has 1 amide bonds. The highest BCUT2D eigenvalue weighted by Gasteiger charge is 2.35. The molecule has 0 unspecified atom stereocenters. The van der Waals surface area contributed by atoms with E-state index in [2.05, 4.69) is 4.98 Å². The highest BCUT2D eigenvalue weighted by Crippen LogP contribution is 2.20. The Bertz CT molecular complexity index is 974. The first kappa shape index (κ1) is 15.9. The first-order chi connectivity index (χ1) is 11.3. The number of fused-ring (bicyclic) bond motifs is 1. The van der Waals surface area contributed by atoms with Crippen molar-refractivity contribution < 1.29 is 14.7 Å². The van der Waals surface area contributed by atoms with Crippen LogP contribution in [0.15, 0.2) is 21.7 Å². The van der Waals surface area contributed by atoms with E-state index in [4.69, 9.17) is 0 Å². The number of carbonyl (C=O) groups excluding carboxylic acids is 1. The molecule has 2 aromatic heterocycles. The molecular formula is C15H16N4O5. The molecule has 2 aromatic rings. The van der Waals surface area contributed by atoms with Gasteiger partial charge in [0, 0.05) is 20.6 Å². The molecule has 1 aliphatic rings. The largest absolute Gasteiger partial charge is 0.480 e. The van der Waals surface area contributed by atoms with E-state index < -0.39 is 29.2 Å². The Hall–Kier alpha value is -2.97. The van der Waals surface area contributed by atoms with Gasteiger partial charge in [-0.15, -0.1) is 0 Å². The topological polar surface area (TPSA) is 114 Å². The number of pyridine rings is 1. The fraction of sp³-hybridized carbons (Fsp3) is 0.400. The van der Waals surface area contributed by atoms with Crippen LogP contribution in [0.3, 0.4) is 0 Å². The third-order valence-corrected chi connectivity index (χ3v) is 4.32. The van der Waals surface area contributed by atoms with Crippen LogP contribution in [0, 0.1) is 0 Å². The second kappa shape index (κ2) is 5.59. The lowest BCUT2D eigenvalue weighted by Gasteiger charge is -2.21. The number of aromatic nitrogens is 3. The highest BCUT2D eigenvalue weighted by molar-refractivity contribution is 5.96. The van der Waals surface area contributed by atoms with Crippen LogP contribution in [-0.4, -0.2) is 48.6 Å². The second-order valence-corrected chi connectivity index (χ2v) is 5.77. The number of carbonyl (C=O) groups is 2. The Labute approximate surface area is 135 Å². The molecule has 3 heterocycles. The van der Waals surface area contributed by atoms with Crippen molar-refractivity contribution in [2.75, 3.05) is 6.54 Å². The number of hydrogen-bond acceptors (Lipinski definition) is 5. The van der Waals surface area contributed by atoms with Crippen LogP contribution in [0.25, 0.3) is 11.0 Å². The molecule has 9 heteroatoms. The summed E-state index contributed by atoms with van der Waals surface area (Å²) in [6.45, 7) is 0.338. The quantitative estimate of drug-likeness (QED) is 0.779. The standard InChI is InChI=1S/C15H16N4O5/c1-17-11-8(12(20)18(2)15(17)24)5-6-9(16-11)13(21)19-7-3-4-10(19)14(22)23/h5-6,10H,3-4,7H2,1-2H3,(H,22,23)/t10-/m0/s1. The minimum absolute atomic E-state index is 0.0129. The van der Waals surface area contributed by atoms with E-state index >= 15 is 0 Å². The number of carboxylic acid groups (broad SMARTS) is 1. The number of hydrogen-bond donors (Lipinski definition) is 1. The monoisotopic (exact) mass is 332 g/mol. The molecule has 0 radical (unpaired) electrons. The maximum Gasteiger partial charge on any atom is 0.332 e. The summed E-state index contributed by atoms with van der Waals surface area (Å²) >= 11 is 0. The SMILES string of the molecule is Cn1c(=O)c2ccc(C(=O)N3CCC[C@H]3C(=O)O)nc2n(C)c1=O. The Morgan fingerprint density at radius 3 is 2.58 bits per heavy atom. The van der Waals surface area contributed by atoms with E-state index in [1.54, 1.807) is 0 Å². The Morgan fingerprint density at radius 1 is 1.21 bits per heavy atom. The van der Waals surface area contributed by atoms with Gasteiger partial charge in [-0.3, -0.25) is 18.7 Å². The summed E-state index contributed by atoms with van der Waals surface area (Å²) in [5.41, 5.74) is -0.933. The van der Waals surface area contributed by atoms with Crippen molar-refractivity contribution in [2.24, 2.45) is 14.1 Å². The molecule has 0 saturated carbocycles. The van der Waals surface area contributed by atoms with Gasteiger partial charge in [-0.1, -0.05) is 0 Å². The summed E-state index contributed by atoms with van der Waals surface area (Å²) < 4.78 is 2.15. The second-order valence-electron chi connectivity index (χ2n) is 5.77. The minimum atomic E-state index is -1.05. The average molecular weight is 332 g/mol. The zero-order valence-corrected chi connectivity index (χ0v) is 13.2. The van der Waals surface area contributed by atoms with Crippen molar-refractivity contribution >= 4 is 22.9 Å². The van der Waals surface area contributed by atoms with Crippen LogP contribution >= 0.6 is 0 Å². The first-order valence-electron chi connectivity index (χ1n) is 7.43. The van der Waals surface area contributed by atoms with E-state index in [0.717, 1.165) is 4.57 Å². The van der Waals surface area contributed by atoms with Gasteiger partial charge in [-0.25, -0.2) is 14.6 Å². The van der Waals surface area contributed by atoms with Crippen molar-refractivity contribution in [3.8, 4) is 0 Å². The smallest absolute Gasteiger partial charge is 0.332 e. The number of aryl methyl sites for hydroxylation is 1. The molecule has 1 aliphatic heterocycles. The van der Waals surface area contributed by atoms with Crippen LogP contribution in [0.4, 0.5) is 0 Å². The molecule has 1 atom stereocenters. The van der Waals surface area contributed by atoms with Crippen molar-refractivity contribution in [1.82, 2.24) is 19.0 Å². The number of carboxylic acids is 1. The summed E-state index contributed by atoms with van der Waals surface area (Å²) in [6.07, 6.45) is 1.00. The Kier molecular flexibility index (Phi) is 3.70. The van der Waals surface area contributed by atoms with Crippen molar-refractivity contribution in [3.63, 3.8) is 0 Å². The lowest BCUT2D eigenvalue weighted by molar-refractivity contribution is -0.141. The number of rotatable bonds is 2.